The van der Waals surface area contributed by atoms with E-state index in [1.807, 2.05) is 158 Å². The Hall–Kier alpha value is -9.70. The van der Waals surface area contributed by atoms with Gasteiger partial charge in [-0.15, -0.1) is 0 Å². The minimum Gasteiger partial charge on any atom is -0.489 e. The molecule has 0 bridgehead atoms. The first-order valence-electron chi connectivity index (χ1n) is 24.0. The summed E-state index contributed by atoms with van der Waals surface area (Å²) in [4.78, 5) is 49.2. The van der Waals surface area contributed by atoms with E-state index in [2.05, 4.69) is 34.4 Å². The molecule has 0 radical (unpaired) electrons. The molecule has 0 saturated heterocycles. The molecule has 2 aliphatic heterocycles. The van der Waals surface area contributed by atoms with Crippen molar-refractivity contribution in [1.29, 1.82) is 0 Å². The van der Waals surface area contributed by atoms with Crippen molar-refractivity contribution >= 4 is 46.6 Å². The summed E-state index contributed by atoms with van der Waals surface area (Å²) in [6.45, 7) is 9.22. The summed E-state index contributed by atoms with van der Waals surface area (Å²) in [6, 6.07) is 49.4. The summed E-state index contributed by atoms with van der Waals surface area (Å²) in [5.41, 5.74) is 20.1. The Morgan fingerprint density at radius 3 is 1.27 bits per heavy atom. The summed E-state index contributed by atoms with van der Waals surface area (Å²) in [5.74, 6) is 0.815. The highest BCUT2D eigenvalue weighted by molar-refractivity contribution is 6.05. The Morgan fingerprint density at radius 1 is 0.541 bits per heavy atom. The van der Waals surface area contributed by atoms with Gasteiger partial charge in [-0.05, 0) is 96.8 Å². The third kappa shape index (κ3) is 10.9. The van der Waals surface area contributed by atoms with E-state index < -0.39 is 11.8 Å². The number of nitrogens with two attached hydrogens (primary N) is 2. The molecule has 2 unspecified atom stereocenters. The molecular weight excluding hydrogens is 933 g/mol. The fraction of sp³-hybridized carbons (Fsp3) is 0.138. The monoisotopic (exact) mass is 986 g/mol. The Labute approximate surface area is 427 Å². The van der Waals surface area contributed by atoms with Crippen LogP contribution in [0, 0.1) is 0 Å². The van der Waals surface area contributed by atoms with Gasteiger partial charge in [0.2, 0.25) is 11.8 Å². The maximum absolute atomic E-state index is 12.6. The Bertz CT molecular complexity index is 3110. The van der Waals surface area contributed by atoms with Gasteiger partial charge in [-0.2, -0.15) is 10.2 Å². The zero-order valence-electron chi connectivity index (χ0n) is 40.4. The fourth-order valence-corrected chi connectivity index (χ4v) is 9.07. The molecule has 74 heavy (non-hydrogen) atoms. The highest BCUT2D eigenvalue weighted by Crippen LogP contribution is 2.41. The Morgan fingerprint density at radius 2 is 0.905 bits per heavy atom. The van der Waals surface area contributed by atoms with Crippen LogP contribution in [0.15, 0.2) is 183 Å². The summed E-state index contributed by atoms with van der Waals surface area (Å²) in [5, 5.41) is 22.0. The lowest BCUT2D eigenvalue weighted by Crippen LogP contribution is -2.27. The normalized spacial score (nSPS) is 14.2. The minimum atomic E-state index is -0.568. The number of amides is 4. The molecule has 10 rings (SSSR count). The standard InChI is InChI=1S/2C29H27N5O3/c2*1-2-25(35)32-23-11-7-6-10-22(23)24-16-17-31-29-26(28(30)36)27(33-34(24)29)20-12-14-21(15-13-20)37-18-19-8-4-3-5-9-19/h2*2-15,24,31H,1,16-18H2,(H2,30,36)(H,32,35). The number of anilines is 4. The maximum atomic E-state index is 12.6. The molecule has 16 heteroatoms. The van der Waals surface area contributed by atoms with Crippen LogP contribution in [0.1, 0.15) is 67.9 Å². The third-order valence-electron chi connectivity index (χ3n) is 12.6. The number of aromatic nitrogens is 4. The van der Waals surface area contributed by atoms with Crippen LogP contribution in [0.3, 0.4) is 0 Å². The number of nitrogens with zero attached hydrogens (tertiary/aromatic N) is 4. The van der Waals surface area contributed by atoms with Gasteiger partial charge in [-0.25, -0.2) is 9.36 Å². The minimum absolute atomic E-state index is 0.210. The lowest BCUT2D eigenvalue weighted by Gasteiger charge is -2.28. The summed E-state index contributed by atoms with van der Waals surface area (Å²) >= 11 is 0. The van der Waals surface area contributed by atoms with Gasteiger partial charge in [0, 0.05) is 46.7 Å². The van der Waals surface area contributed by atoms with Crippen LogP contribution in [0.5, 0.6) is 11.5 Å². The van der Waals surface area contributed by atoms with Crippen LogP contribution < -0.4 is 42.2 Å². The molecule has 372 valence electrons. The molecule has 8 aromatic rings. The summed E-state index contributed by atoms with van der Waals surface area (Å²) in [6.07, 6.45) is 3.88. The SMILES string of the molecule is C=CC(=O)Nc1ccccc1C1CCNc2c(C(N)=O)c(-c3ccc(OCc4ccccc4)cc3)nn21.C=CC(=O)Nc1ccccc1C1CCNc2c(C(N)=O)c(-c3ccc(OCc4ccccc4)cc3)nn21. The van der Waals surface area contributed by atoms with Gasteiger partial charge >= 0.3 is 0 Å². The number of nitrogens with one attached hydrogen (secondary N) is 4. The predicted octanol–water partition coefficient (Wildman–Crippen LogP) is 9.51. The van der Waals surface area contributed by atoms with Crippen molar-refractivity contribution in [1.82, 2.24) is 19.6 Å². The van der Waals surface area contributed by atoms with Crippen LogP contribution in [-0.4, -0.2) is 56.3 Å². The molecule has 8 N–H and O–H groups in total. The average molecular weight is 987 g/mol. The van der Waals surface area contributed by atoms with Gasteiger partial charge in [0.15, 0.2) is 0 Å². The third-order valence-corrected chi connectivity index (χ3v) is 12.6. The van der Waals surface area contributed by atoms with Crippen LogP contribution in [0.2, 0.25) is 0 Å². The second-order valence-corrected chi connectivity index (χ2v) is 17.4. The highest BCUT2D eigenvalue weighted by Gasteiger charge is 2.33. The zero-order chi connectivity index (χ0) is 51.6. The van der Waals surface area contributed by atoms with Crippen LogP contribution in [-0.2, 0) is 22.8 Å². The van der Waals surface area contributed by atoms with Gasteiger partial charge in [0.25, 0.3) is 11.8 Å². The van der Waals surface area contributed by atoms with Gasteiger partial charge in [0.1, 0.15) is 58.9 Å². The largest absolute Gasteiger partial charge is 0.489 e. The Kier molecular flexibility index (Phi) is 15.0. The summed E-state index contributed by atoms with van der Waals surface area (Å²) in [7, 11) is 0. The first-order chi connectivity index (χ1) is 36.1. The van der Waals surface area contributed by atoms with Gasteiger partial charge in [0.05, 0.1) is 12.1 Å². The molecule has 0 saturated carbocycles. The van der Waals surface area contributed by atoms with E-state index in [1.54, 1.807) is 9.36 Å². The van der Waals surface area contributed by atoms with E-state index in [9.17, 15) is 19.2 Å². The number of primary amides is 2. The molecule has 4 amide bonds. The molecule has 2 aromatic heterocycles. The maximum Gasteiger partial charge on any atom is 0.254 e. The van der Waals surface area contributed by atoms with Gasteiger partial charge in [-0.3, -0.25) is 19.2 Å². The number of para-hydroxylation sites is 2. The van der Waals surface area contributed by atoms with Crippen molar-refractivity contribution in [3.8, 4) is 34.0 Å². The van der Waals surface area contributed by atoms with Gasteiger partial charge < -0.3 is 42.2 Å². The number of carbonyl (C=O) groups excluding carboxylic acids is 4. The van der Waals surface area contributed by atoms with Crippen molar-refractivity contribution in [2.24, 2.45) is 11.5 Å². The van der Waals surface area contributed by atoms with Crippen molar-refractivity contribution in [3.05, 3.63) is 216 Å². The van der Waals surface area contributed by atoms with Crippen molar-refractivity contribution < 1.29 is 28.7 Å². The predicted molar refractivity (Wildman–Crippen MR) is 287 cm³/mol. The zero-order valence-corrected chi connectivity index (χ0v) is 40.4. The highest BCUT2D eigenvalue weighted by atomic mass is 16.5. The number of fused-ring (bicyclic) bond motifs is 2. The van der Waals surface area contributed by atoms with E-state index in [0.717, 1.165) is 33.4 Å². The number of carbonyl (C=O) groups is 4. The second-order valence-electron chi connectivity index (χ2n) is 17.4. The number of hydrogen-bond acceptors (Lipinski definition) is 10. The van der Waals surface area contributed by atoms with Crippen molar-refractivity contribution in [3.63, 3.8) is 0 Å². The van der Waals surface area contributed by atoms with Crippen molar-refractivity contribution in [2.45, 2.75) is 38.1 Å². The van der Waals surface area contributed by atoms with E-state index in [1.165, 1.54) is 12.2 Å². The van der Waals surface area contributed by atoms with E-state index in [-0.39, 0.29) is 23.9 Å². The van der Waals surface area contributed by atoms with Crippen LogP contribution in [0.25, 0.3) is 22.5 Å². The molecule has 6 aromatic carbocycles. The fourth-order valence-electron chi connectivity index (χ4n) is 9.07. The molecule has 0 spiro atoms. The smallest absolute Gasteiger partial charge is 0.254 e. The average Bonchev–Trinajstić information content (AvgIpc) is 4.04. The van der Waals surface area contributed by atoms with Crippen molar-refractivity contribution in [2.75, 3.05) is 34.4 Å². The number of hydrogen-bond donors (Lipinski definition) is 6. The molecular formula is C58H54N10O6. The van der Waals surface area contributed by atoms with E-state index in [0.29, 0.717) is 96.2 Å². The molecule has 2 aliphatic rings. The van der Waals surface area contributed by atoms with E-state index in [4.69, 9.17) is 31.1 Å². The lowest BCUT2D eigenvalue weighted by molar-refractivity contribution is -0.112. The molecule has 16 nitrogen and oxygen atoms in total. The quantitative estimate of drug-likeness (QED) is 0.0503. The number of ether oxygens (including phenoxy) is 2. The molecule has 0 fully saturated rings. The molecule has 0 aliphatic carbocycles. The first kappa shape index (κ1) is 49.3. The topological polar surface area (TPSA) is 223 Å². The second kappa shape index (κ2) is 22.6. The van der Waals surface area contributed by atoms with Gasteiger partial charge in [-0.1, -0.05) is 110 Å². The number of benzene rings is 6. The van der Waals surface area contributed by atoms with Crippen LogP contribution >= 0.6 is 0 Å². The molecule has 2 atom stereocenters. The Balaban J connectivity index is 0.000000182. The summed E-state index contributed by atoms with van der Waals surface area (Å²) < 4.78 is 15.4. The van der Waals surface area contributed by atoms with Crippen LogP contribution in [0.4, 0.5) is 23.0 Å². The lowest BCUT2D eigenvalue weighted by atomic mass is 9.99. The first-order valence-corrected chi connectivity index (χ1v) is 24.0. The molecule has 4 heterocycles. The van der Waals surface area contributed by atoms with E-state index >= 15 is 0 Å². The number of rotatable bonds is 16.